The van der Waals surface area contributed by atoms with Gasteiger partial charge in [0, 0.05) is 14.9 Å². The van der Waals surface area contributed by atoms with Gasteiger partial charge in [0.1, 0.15) is 0 Å². The Bertz CT molecular complexity index is 378. The van der Waals surface area contributed by atoms with Gasteiger partial charge in [-0.3, -0.25) is 0 Å². The van der Waals surface area contributed by atoms with Crippen LogP contribution in [0.2, 0.25) is 10.0 Å². The number of hydrogen-bond acceptors (Lipinski definition) is 0. The second kappa shape index (κ2) is 6.45. The highest BCUT2D eigenvalue weighted by molar-refractivity contribution is 9.09. The molecule has 0 amide bonds. The molecule has 94 valence electrons. The minimum Gasteiger partial charge on any atom is -0.0888 e. The van der Waals surface area contributed by atoms with Crippen molar-refractivity contribution in [3.05, 3.63) is 33.8 Å². The van der Waals surface area contributed by atoms with Crippen LogP contribution in [0.4, 0.5) is 0 Å². The summed E-state index contributed by atoms with van der Waals surface area (Å²) < 4.78 is 0. The van der Waals surface area contributed by atoms with Crippen molar-refractivity contribution in [3.63, 3.8) is 0 Å². The summed E-state index contributed by atoms with van der Waals surface area (Å²) in [5.41, 5.74) is 1.23. The maximum absolute atomic E-state index is 6.24. The molecule has 2 atom stereocenters. The van der Waals surface area contributed by atoms with Crippen molar-refractivity contribution in [1.82, 2.24) is 0 Å². The van der Waals surface area contributed by atoms with E-state index in [9.17, 15) is 0 Å². The molecule has 0 aliphatic heterocycles. The predicted molar refractivity (Wildman–Crippen MR) is 79.5 cm³/mol. The maximum atomic E-state index is 6.24. The van der Waals surface area contributed by atoms with Crippen molar-refractivity contribution in [2.24, 2.45) is 5.92 Å². The second-order valence-electron chi connectivity index (χ2n) is 4.85. The fraction of sp³-hybridized carbons (Fsp3) is 0.571. The first-order chi connectivity index (χ1) is 8.16. The molecule has 17 heavy (non-hydrogen) atoms. The predicted octanol–water partition coefficient (Wildman–Crippen LogP) is 5.88. The Morgan fingerprint density at radius 2 is 1.88 bits per heavy atom. The molecule has 0 radical (unpaired) electrons. The second-order valence-corrected chi connectivity index (χ2v) is 6.87. The van der Waals surface area contributed by atoms with E-state index in [1.807, 2.05) is 12.1 Å². The smallest absolute Gasteiger partial charge is 0.0452 e. The molecule has 0 heterocycles. The third kappa shape index (κ3) is 3.87. The molecule has 1 aromatic carbocycles. The van der Waals surface area contributed by atoms with Crippen LogP contribution in [0.3, 0.4) is 0 Å². The van der Waals surface area contributed by atoms with E-state index in [0.717, 1.165) is 16.5 Å². The van der Waals surface area contributed by atoms with Gasteiger partial charge >= 0.3 is 0 Å². The van der Waals surface area contributed by atoms with E-state index >= 15 is 0 Å². The van der Waals surface area contributed by atoms with Gasteiger partial charge in [0.15, 0.2) is 0 Å². The highest BCUT2D eigenvalue weighted by Crippen LogP contribution is 2.33. The van der Waals surface area contributed by atoms with E-state index in [4.69, 9.17) is 23.2 Å². The largest absolute Gasteiger partial charge is 0.0888 e. The average molecular weight is 336 g/mol. The lowest BCUT2D eigenvalue weighted by molar-refractivity contribution is 0.475. The monoisotopic (exact) mass is 334 g/mol. The Balaban J connectivity index is 2.08. The quantitative estimate of drug-likeness (QED) is 0.467. The van der Waals surface area contributed by atoms with Gasteiger partial charge in [-0.2, -0.15) is 0 Å². The summed E-state index contributed by atoms with van der Waals surface area (Å²) in [4.78, 5) is 0.636. The van der Waals surface area contributed by atoms with E-state index in [2.05, 4.69) is 22.0 Å². The van der Waals surface area contributed by atoms with Crippen molar-refractivity contribution in [2.45, 2.75) is 43.4 Å². The normalized spacial score (nSPS) is 25.6. The van der Waals surface area contributed by atoms with Crippen LogP contribution >= 0.6 is 39.1 Å². The Morgan fingerprint density at radius 1 is 1.12 bits per heavy atom. The van der Waals surface area contributed by atoms with Crippen LogP contribution in [0, 0.1) is 5.92 Å². The van der Waals surface area contributed by atoms with Crippen LogP contribution in [-0.4, -0.2) is 4.83 Å². The first kappa shape index (κ1) is 13.7. The van der Waals surface area contributed by atoms with Gasteiger partial charge in [-0.05, 0) is 42.9 Å². The van der Waals surface area contributed by atoms with E-state index in [0.29, 0.717) is 10.7 Å². The van der Waals surface area contributed by atoms with Crippen LogP contribution in [-0.2, 0) is 6.42 Å². The zero-order valence-electron chi connectivity index (χ0n) is 9.76. The van der Waals surface area contributed by atoms with Gasteiger partial charge in [-0.1, -0.05) is 64.5 Å². The van der Waals surface area contributed by atoms with Crippen LogP contribution in [0.5, 0.6) is 0 Å². The number of hydrogen-bond donors (Lipinski definition) is 0. The lowest BCUT2D eigenvalue weighted by Crippen LogP contribution is -2.15. The van der Waals surface area contributed by atoms with Gasteiger partial charge in [0.2, 0.25) is 0 Å². The molecule has 0 saturated heterocycles. The lowest BCUT2D eigenvalue weighted by Gasteiger charge is -2.20. The summed E-state index contributed by atoms with van der Waals surface area (Å²) in [6.07, 6.45) is 7.71. The zero-order valence-corrected chi connectivity index (χ0v) is 12.9. The number of rotatable bonds is 2. The fourth-order valence-corrected chi connectivity index (χ4v) is 3.80. The molecule has 3 heteroatoms. The molecular weight excluding hydrogens is 319 g/mol. The first-order valence-corrected chi connectivity index (χ1v) is 7.92. The summed E-state index contributed by atoms with van der Waals surface area (Å²) in [6.45, 7) is 0. The summed E-state index contributed by atoms with van der Waals surface area (Å²) in [5, 5.41) is 1.52. The molecule has 2 rings (SSSR count). The fourth-order valence-electron chi connectivity index (χ4n) is 2.54. The Labute approximate surface area is 122 Å². The summed E-state index contributed by atoms with van der Waals surface area (Å²) in [7, 11) is 0. The van der Waals surface area contributed by atoms with Crippen LogP contribution in [0.15, 0.2) is 18.2 Å². The molecule has 1 aliphatic rings. The van der Waals surface area contributed by atoms with Gasteiger partial charge in [-0.25, -0.2) is 0 Å². The summed E-state index contributed by atoms with van der Waals surface area (Å²) in [6, 6.07) is 5.84. The summed E-state index contributed by atoms with van der Waals surface area (Å²) >= 11 is 16.0. The summed E-state index contributed by atoms with van der Waals surface area (Å²) in [5.74, 6) is 0.705. The van der Waals surface area contributed by atoms with Crippen molar-refractivity contribution >= 4 is 39.1 Å². The topological polar surface area (TPSA) is 0 Å². The highest BCUT2D eigenvalue weighted by Gasteiger charge is 2.22. The van der Waals surface area contributed by atoms with Crippen LogP contribution in [0.1, 0.15) is 37.7 Å². The average Bonchev–Trinajstić information content (AvgIpc) is 2.48. The van der Waals surface area contributed by atoms with E-state index in [1.165, 1.54) is 37.7 Å². The van der Waals surface area contributed by atoms with Gasteiger partial charge < -0.3 is 0 Å². The number of alkyl halides is 1. The third-order valence-electron chi connectivity index (χ3n) is 3.56. The number of halogens is 3. The van der Waals surface area contributed by atoms with Gasteiger partial charge in [-0.15, -0.1) is 0 Å². The molecule has 1 aliphatic carbocycles. The van der Waals surface area contributed by atoms with Crippen LogP contribution in [0.25, 0.3) is 0 Å². The first-order valence-electron chi connectivity index (χ1n) is 6.25. The molecule has 2 unspecified atom stereocenters. The van der Waals surface area contributed by atoms with E-state index in [1.54, 1.807) is 0 Å². The zero-order chi connectivity index (χ0) is 12.3. The Morgan fingerprint density at radius 3 is 2.65 bits per heavy atom. The number of benzene rings is 1. The Kier molecular flexibility index (Phi) is 5.20. The highest BCUT2D eigenvalue weighted by atomic mass is 79.9. The molecule has 1 aromatic rings. The van der Waals surface area contributed by atoms with Gasteiger partial charge in [0.05, 0.1) is 0 Å². The van der Waals surface area contributed by atoms with Crippen molar-refractivity contribution < 1.29 is 0 Å². The molecular formula is C14H17BrCl2. The maximum Gasteiger partial charge on any atom is 0.0452 e. The molecule has 0 aromatic heterocycles. The van der Waals surface area contributed by atoms with Crippen LogP contribution < -0.4 is 0 Å². The minimum atomic E-state index is 0.636. The SMILES string of the molecule is Clc1ccc(CC2CCCCCC2Br)c(Cl)c1. The lowest BCUT2D eigenvalue weighted by atomic mass is 9.92. The Hall–Kier alpha value is 0.280. The van der Waals surface area contributed by atoms with E-state index < -0.39 is 0 Å². The molecule has 1 fully saturated rings. The standard InChI is InChI=1S/C14H17BrCl2/c15-13-5-3-1-2-4-10(13)8-11-6-7-12(16)9-14(11)17/h6-7,9-10,13H,1-5,8H2. The molecule has 0 nitrogen and oxygen atoms in total. The minimum absolute atomic E-state index is 0.636. The van der Waals surface area contributed by atoms with E-state index in [-0.39, 0.29) is 0 Å². The molecule has 0 bridgehead atoms. The van der Waals surface area contributed by atoms with Crippen molar-refractivity contribution in [3.8, 4) is 0 Å². The molecule has 0 spiro atoms. The van der Waals surface area contributed by atoms with Crippen molar-refractivity contribution in [1.29, 1.82) is 0 Å². The van der Waals surface area contributed by atoms with Crippen molar-refractivity contribution in [2.75, 3.05) is 0 Å². The molecule has 1 saturated carbocycles. The van der Waals surface area contributed by atoms with Gasteiger partial charge in [0.25, 0.3) is 0 Å². The third-order valence-corrected chi connectivity index (χ3v) is 5.36. The molecule has 0 N–H and O–H groups in total.